The number of aromatic nitrogens is 2. The Balaban J connectivity index is 2.48. The van der Waals surface area contributed by atoms with Crippen molar-refractivity contribution in [3.05, 3.63) is 33.8 Å². The van der Waals surface area contributed by atoms with Crippen LogP contribution in [-0.4, -0.2) is 28.3 Å². The molecule has 1 aromatic carbocycles. The van der Waals surface area contributed by atoms with E-state index in [0.29, 0.717) is 17.4 Å². The lowest BCUT2D eigenvalue weighted by Crippen LogP contribution is -2.24. The SMILES string of the molecule is CNCCCn1c(Cl)nc2cc(O)ccc2c1=O. The lowest BCUT2D eigenvalue weighted by Gasteiger charge is -2.09. The number of hydrogen-bond acceptors (Lipinski definition) is 4. The maximum atomic E-state index is 12.2. The van der Waals surface area contributed by atoms with Gasteiger partial charge in [-0.1, -0.05) is 0 Å². The molecule has 0 saturated heterocycles. The van der Waals surface area contributed by atoms with Crippen LogP contribution in [-0.2, 0) is 6.54 Å². The summed E-state index contributed by atoms with van der Waals surface area (Å²) < 4.78 is 1.44. The van der Waals surface area contributed by atoms with Gasteiger partial charge in [-0.15, -0.1) is 0 Å². The fourth-order valence-electron chi connectivity index (χ4n) is 1.79. The zero-order valence-corrected chi connectivity index (χ0v) is 10.7. The van der Waals surface area contributed by atoms with Gasteiger partial charge < -0.3 is 10.4 Å². The van der Waals surface area contributed by atoms with Crippen LogP contribution in [0.3, 0.4) is 0 Å². The minimum atomic E-state index is -0.180. The van der Waals surface area contributed by atoms with E-state index in [1.165, 1.54) is 16.7 Å². The first kappa shape index (κ1) is 12.9. The highest BCUT2D eigenvalue weighted by atomic mass is 35.5. The number of hydrogen-bond donors (Lipinski definition) is 2. The monoisotopic (exact) mass is 267 g/mol. The van der Waals surface area contributed by atoms with Crippen molar-refractivity contribution in [1.29, 1.82) is 0 Å². The Kier molecular flexibility index (Phi) is 3.84. The van der Waals surface area contributed by atoms with Crippen LogP contribution in [0.5, 0.6) is 5.75 Å². The summed E-state index contributed by atoms with van der Waals surface area (Å²) in [5, 5.41) is 13.0. The van der Waals surface area contributed by atoms with E-state index in [1.807, 2.05) is 7.05 Å². The topological polar surface area (TPSA) is 67.2 Å². The zero-order valence-electron chi connectivity index (χ0n) is 9.98. The Labute approximate surface area is 109 Å². The highest BCUT2D eigenvalue weighted by molar-refractivity contribution is 6.28. The Morgan fingerprint density at radius 1 is 1.50 bits per heavy atom. The first-order chi connectivity index (χ1) is 8.63. The van der Waals surface area contributed by atoms with Crippen molar-refractivity contribution < 1.29 is 5.11 Å². The summed E-state index contributed by atoms with van der Waals surface area (Å²) in [4.78, 5) is 16.3. The molecule has 0 radical (unpaired) electrons. The smallest absolute Gasteiger partial charge is 0.262 e. The van der Waals surface area contributed by atoms with Crippen molar-refractivity contribution in [1.82, 2.24) is 14.9 Å². The lowest BCUT2D eigenvalue weighted by atomic mass is 10.2. The van der Waals surface area contributed by atoms with Gasteiger partial charge in [0.05, 0.1) is 10.9 Å². The molecular weight excluding hydrogens is 254 g/mol. The minimum absolute atomic E-state index is 0.0680. The van der Waals surface area contributed by atoms with Gasteiger partial charge in [0.25, 0.3) is 5.56 Å². The minimum Gasteiger partial charge on any atom is -0.508 e. The number of benzene rings is 1. The summed E-state index contributed by atoms with van der Waals surface area (Å²) >= 11 is 5.99. The van der Waals surface area contributed by atoms with Crippen LogP contribution in [0.1, 0.15) is 6.42 Å². The van der Waals surface area contributed by atoms with Gasteiger partial charge in [-0.05, 0) is 43.7 Å². The molecule has 2 aromatic rings. The van der Waals surface area contributed by atoms with Crippen LogP contribution in [0.15, 0.2) is 23.0 Å². The maximum absolute atomic E-state index is 12.2. The van der Waals surface area contributed by atoms with Gasteiger partial charge in [-0.25, -0.2) is 4.98 Å². The van der Waals surface area contributed by atoms with Crippen LogP contribution in [0.25, 0.3) is 10.9 Å². The molecule has 1 aromatic heterocycles. The third kappa shape index (κ3) is 2.47. The lowest BCUT2D eigenvalue weighted by molar-refractivity contribution is 0.476. The predicted octanol–water partition coefficient (Wildman–Crippen LogP) is 1.36. The normalized spacial score (nSPS) is 11.0. The number of phenolic OH excluding ortho intramolecular Hbond substituents is 1. The number of fused-ring (bicyclic) bond motifs is 1. The highest BCUT2D eigenvalue weighted by Crippen LogP contribution is 2.17. The first-order valence-corrected chi connectivity index (χ1v) is 6.05. The number of nitrogens with zero attached hydrogens (tertiary/aromatic N) is 2. The molecule has 2 rings (SSSR count). The summed E-state index contributed by atoms with van der Waals surface area (Å²) in [5.41, 5.74) is 0.232. The Bertz CT molecular complexity index is 624. The van der Waals surface area contributed by atoms with E-state index >= 15 is 0 Å². The molecule has 18 heavy (non-hydrogen) atoms. The van der Waals surface area contributed by atoms with E-state index < -0.39 is 0 Å². The third-order valence-electron chi connectivity index (χ3n) is 2.70. The first-order valence-electron chi connectivity index (χ1n) is 5.67. The molecule has 0 fully saturated rings. The van der Waals surface area contributed by atoms with Crippen molar-refractivity contribution in [2.24, 2.45) is 0 Å². The van der Waals surface area contributed by atoms with E-state index in [1.54, 1.807) is 6.07 Å². The number of aromatic hydroxyl groups is 1. The Morgan fingerprint density at radius 2 is 2.28 bits per heavy atom. The van der Waals surface area contributed by atoms with Gasteiger partial charge in [0.1, 0.15) is 5.75 Å². The molecule has 0 bridgehead atoms. The van der Waals surface area contributed by atoms with Gasteiger partial charge in [-0.3, -0.25) is 9.36 Å². The Morgan fingerprint density at radius 3 is 3.00 bits per heavy atom. The number of halogens is 1. The number of rotatable bonds is 4. The molecule has 0 amide bonds. The Hall–Kier alpha value is -1.59. The average Bonchev–Trinajstić information content (AvgIpc) is 2.33. The molecule has 0 saturated carbocycles. The summed E-state index contributed by atoms with van der Waals surface area (Å²) in [6, 6.07) is 4.46. The van der Waals surface area contributed by atoms with Gasteiger partial charge >= 0.3 is 0 Å². The zero-order chi connectivity index (χ0) is 13.1. The van der Waals surface area contributed by atoms with E-state index in [0.717, 1.165) is 13.0 Å². The van der Waals surface area contributed by atoms with Gasteiger partial charge in [0, 0.05) is 12.6 Å². The molecule has 0 aliphatic carbocycles. The predicted molar refractivity (Wildman–Crippen MR) is 71.2 cm³/mol. The van der Waals surface area contributed by atoms with Crippen molar-refractivity contribution in [3.63, 3.8) is 0 Å². The van der Waals surface area contributed by atoms with Crippen molar-refractivity contribution >= 4 is 22.5 Å². The van der Waals surface area contributed by atoms with Gasteiger partial charge in [0.15, 0.2) is 0 Å². The van der Waals surface area contributed by atoms with E-state index in [2.05, 4.69) is 10.3 Å². The summed E-state index contributed by atoms with van der Waals surface area (Å²) in [5.74, 6) is 0.0680. The second kappa shape index (κ2) is 5.37. The molecule has 96 valence electrons. The summed E-state index contributed by atoms with van der Waals surface area (Å²) in [6.45, 7) is 1.32. The van der Waals surface area contributed by atoms with E-state index in [9.17, 15) is 9.90 Å². The molecule has 6 heteroatoms. The second-order valence-electron chi connectivity index (χ2n) is 4.00. The van der Waals surface area contributed by atoms with Crippen molar-refractivity contribution in [2.45, 2.75) is 13.0 Å². The van der Waals surface area contributed by atoms with E-state index in [4.69, 9.17) is 11.6 Å². The average molecular weight is 268 g/mol. The molecule has 5 nitrogen and oxygen atoms in total. The van der Waals surface area contributed by atoms with Crippen molar-refractivity contribution in [2.75, 3.05) is 13.6 Å². The largest absolute Gasteiger partial charge is 0.508 e. The van der Waals surface area contributed by atoms with Crippen LogP contribution < -0.4 is 10.9 Å². The summed E-state index contributed by atoms with van der Waals surface area (Å²) in [6.07, 6.45) is 0.793. The van der Waals surface area contributed by atoms with E-state index in [-0.39, 0.29) is 16.6 Å². The molecular formula is C12H14ClN3O2. The molecule has 0 aliphatic heterocycles. The third-order valence-corrected chi connectivity index (χ3v) is 2.99. The molecule has 1 heterocycles. The van der Waals surface area contributed by atoms with Crippen LogP contribution >= 0.6 is 11.6 Å². The quantitative estimate of drug-likeness (QED) is 0.648. The number of phenols is 1. The molecule has 0 unspecified atom stereocenters. The molecule has 0 atom stereocenters. The molecule has 0 spiro atoms. The fraction of sp³-hybridized carbons (Fsp3) is 0.333. The van der Waals surface area contributed by atoms with Crippen LogP contribution in [0, 0.1) is 0 Å². The maximum Gasteiger partial charge on any atom is 0.262 e. The second-order valence-corrected chi connectivity index (χ2v) is 4.33. The molecule has 2 N–H and O–H groups in total. The van der Waals surface area contributed by atoms with Crippen LogP contribution in [0.4, 0.5) is 0 Å². The van der Waals surface area contributed by atoms with Crippen LogP contribution in [0.2, 0.25) is 5.28 Å². The summed E-state index contributed by atoms with van der Waals surface area (Å²) in [7, 11) is 1.85. The molecule has 0 aliphatic rings. The van der Waals surface area contributed by atoms with Crippen molar-refractivity contribution in [3.8, 4) is 5.75 Å². The number of nitrogens with one attached hydrogen (secondary N) is 1. The van der Waals surface area contributed by atoms with Gasteiger partial charge in [-0.2, -0.15) is 0 Å². The van der Waals surface area contributed by atoms with Gasteiger partial charge in [0.2, 0.25) is 5.28 Å². The highest BCUT2D eigenvalue weighted by Gasteiger charge is 2.09. The fourth-order valence-corrected chi connectivity index (χ4v) is 2.04. The standard InChI is InChI=1S/C12H14ClN3O2/c1-14-5-2-6-16-11(18)9-4-3-8(17)7-10(9)15-12(16)13/h3-4,7,14,17H,2,5-6H2,1H3.